The van der Waals surface area contributed by atoms with Crippen LogP contribution in [0, 0.1) is 0 Å². The van der Waals surface area contributed by atoms with Gasteiger partial charge in [0.1, 0.15) is 0 Å². The van der Waals surface area contributed by atoms with Gasteiger partial charge in [0.2, 0.25) is 0 Å². The van der Waals surface area contributed by atoms with Gasteiger partial charge in [0, 0.05) is 0 Å². The maximum Gasteiger partial charge on any atom is -0.0169 e. The first-order valence-corrected chi connectivity index (χ1v) is 2.70. The van der Waals surface area contributed by atoms with Gasteiger partial charge < -0.3 is 0 Å². The van der Waals surface area contributed by atoms with E-state index in [-0.39, 0.29) is 0 Å². The lowest BCUT2D eigenvalue weighted by molar-refractivity contribution is 1.58. The number of hydrogen-bond donors (Lipinski definition) is 0. The highest BCUT2D eigenvalue weighted by Crippen LogP contribution is 1.96. The highest BCUT2D eigenvalue weighted by atomic mass is 13.8. The van der Waals surface area contributed by atoms with E-state index in [4.69, 9.17) is 0 Å². The molecule has 0 bridgehead atoms. The van der Waals surface area contributed by atoms with Crippen LogP contribution in [0.1, 0.15) is 13.3 Å². The molecule has 0 aliphatic heterocycles. The van der Waals surface area contributed by atoms with Crippen molar-refractivity contribution < 1.29 is 0 Å². The normalized spacial score (nSPS) is 11.1. The average Bonchev–Trinajstić information content (AvgIpc) is 2.48. The van der Waals surface area contributed by atoms with Crippen LogP contribution in [0.3, 0.4) is 0 Å². The van der Waals surface area contributed by atoms with Gasteiger partial charge in [-0.25, -0.2) is 0 Å². The lowest BCUT2D eigenvalue weighted by Gasteiger charge is -1.71. The van der Waals surface area contributed by atoms with Gasteiger partial charge >= 0.3 is 0 Å². The van der Waals surface area contributed by atoms with E-state index in [2.05, 4.69) is 25.3 Å². The number of rotatable bonds is 1. The molecule has 0 heteroatoms. The third-order valence-corrected chi connectivity index (χ3v) is 0.584. The Morgan fingerprint density at radius 1 is 1.62 bits per heavy atom. The van der Waals surface area contributed by atoms with Crippen molar-refractivity contribution in [1.82, 2.24) is 0 Å². The van der Waals surface area contributed by atoms with Gasteiger partial charge in [0.15, 0.2) is 0 Å². The quantitative estimate of drug-likeness (QED) is 0.358. The fourth-order valence-corrected chi connectivity index (χ4v) is 0. The van der Waals surface area contributed by atoms with E-state index in [1.54, 1.807) is 6.08 Å². The van der Waals surface area contributed by atoms with Gasteiger partial charge in [-0.3, -0.25) is 0 Å². The van der Waals surface area contributed by atoms with Gasteiger partial charge in [-0.15, -0.1) is 0 Å². The molecule has 0 aromatic heterocycles. The van der Waals surface area contributed by atoms with Crippen LogP contribution in [0.2, 0.25) is 0 Å². The predicted octanol–water partition coefficient (Wildman–Crippen LogP) is 2.69. The van der Waals surface area contributed by atoms with Crippen molar-refractivity contribution in [2.24, 2.45) is 0 Å². The molecule has 0 nitrogen and oxygen atoms in total. The van der Waals surface area contributed by atoms with Gasteiger partial charge in [0.25, 0.3) is 0 Å². The van der Waals surface area contributed by atoms with Gasteiger partial charge in [0.05, 0.1) is 0 Å². The molecule has 8 heavy (non-hydrogen) atoms. The van der Waals surface area contributed by atoms with E-state index < -0.39 is 0 Å². The molecule has 0 saturated carbocycles. The Morgan fingerprint density at radius 2 is 1.88 bits per heavy atom. The SMILES string of the molecule is C1=CC1.C=CC(=C)C. The summed E-state index contributed by atoms with van der Waals surface area (Å²) in [6.45, 7) is 8.93. The highest BCUT2D eigenvalue weighted by Gasteiger charge is 1.75. The van der Waals surface area contributed by atoms with Crippen LogP contribution in [-0.4, -0.2) is 0 Å². The molecule has 0 fully saturated rings. The van der Waals surface area contributed by atoms with Gasteiger partial charge in [-0.1, -0.05) is 37.0 Å². The molecule has 1 aliphatic rings. The molecule has 0 N–H and O–H groups in total. The fraction of sp³-hybridized carbons (Fsp3) is 0.250. The third kappa shape index (κ3) is 18.9. The Hall–Kier alpha value is -0.780. The molecule has 1 rings (SSSR count). The maximum absolute atomic E-state index is 3.56. The standard InChI is InChI=1S/C5H8.C3H4/c1-4-5(2)3;1-2-3-1/h4H,1-2H2,3H3;1-2H,3H2. The number of allylic oxidation sites excluding steroid dienone is 4. The predicted molar refractivity (Wildman–Crippen MR) is 38.8 cm³/mol. The molecule has 0 aromatic carbocycles. The molecule has 0 radical (unpaired) electrons. The largest absolute Gasteiger partial charge is 0.0988 e. The monoisotopic (exact) mass is 108 g/mol. The second kappa shape index (κ2) is 4.38. The van der Waals surface area contributed by atoms with E-state index in [9.17, 15) is 0 Å². The smallest absolute Gasteiger partial charge is 0.0169 e. The Balaban J connectivity index is 0.000000135. The highest BCUT2D eigenvalue weighted by molar-refractivity contribution is 5.05. The molecule has 0 amide bonds. The van der Waals surface area contributed by atoms with Crippen LogP contribution in [-0.2, 0) is 0 Å². The molecule has 0 spiro atoms. The zero-order valence-electron chi connectivity index (χ0n) is 5.35. The first-order chi connectivity index (χ1) is 3.77. The minimum Gasteiger partial charge on any atom is -0.0988 e. The minimum atomic E-state index is 1.02. The average molecular weight is 108 g/mol. The third-order valence-electron chi connectivity index (χ3n) is 0.584. The van der Waals surface area contributed by atoms with Crippen molar-refractivity contribution in [2.45, 2.75) is 13.3 Å². The lowest BCUT2D eigenvalue weighted by Crippen LogP contribution is -1.50. The van der Waals surface area contributed by atoms with Crippen LogP contribution in [0.4, 0.5) is 0 Å². The molecule has 44 valence electrons. The molecule has 0 atom stereocenters. The van der Waals surface area contributed by atoms with Crippen LogP contribution in [0.25, 0.3) is 0 Å². The summed E-state index contributed by atoms with van der Waals surface area (Å²) >= 11 is 0. The zero-order chi connectivity index (χ0) is 6.41. The van der Waals surface area contributed by atoms with E-state index >= 15 is 0 Å². The van der Waals surface area contributed by atoms with Gasteiger partial charge in [-0.2, -0.15) is 0 Å². The summed E-state index contributed by atoms with van der Waals surface area (Å²) in [5.74, 6) is 0. The van der Waals surface area contributed by atoms with Crippen molar-refractivity contribution in [3.63, 3.8) is 0 Å². The zero-order valence-corrected chi connectivity index (χ0v) is 5.35. The van der Waals surface area contributed by atoms with Crippen molar-refractivity contribution in [3.05, 3.63) is 37.0 Å². The lowest BCUT2D eigenvalue weighted by atomic mass is 10.4. The summed E-state index contributed by atoms with van der Waals surface area (Å²) in [6, 6.07) is 0. The topological polar surface area (TPSA) is 0 Å². The summed E-state index contributed by atoms with van der Waals surface area (Å²) < 4.78 is 0. The molecular formula is C8H12. The fourth-order valence-electron chi connectivity index (χ4n) is 0. The Morgan fingerprint density at radius 3 is 1.88 bits per heavy atom. The van der Waals surface area contributed by atoms with Crippen molar-refractivity contribution >= 4 is 0 Å². The minimum absolute atomic E-state index is 1.02. The Bertz CT molecular complexity index is 103. The Kier molecular flexibility index (Phi) is 3.95. The molecule has 0 heterocycles. The molecule has 0 unspecified atom stereocenters. The van der Waals surface area contributed by atoms with E-state index in [1.165, 1.54) is 6.42 Å². The molecular weight excluding hydrogens is 96.1 g/mol. The first-order valence-electron chi connectivity index (χ1n) is 2.70. The summed E-state index contributed by atoms with van der Waals surface area (Å²) in [5, 5.41) is 0. The van der Waals surface area contributed by atoms with E-state index in [0.29, 0.717) is 0 Å². The summed E-state index contributed by atoms with van der Waals surface area (Å²) in [4.78, 5) is 0. The van der Waals surface area contributed by atoms with Crippen LogP contribution < -0.4 is 0 Å². The summed E-state index contributed by atoms with van der Waals surface area (Å²) in [7, 11) is 0. The second-order valence-corrected chi connectivity index (χ2v) is 1.76. The number of hydrogen-bond acceptors (Lipinski definition) is 0. The van der Waals surface area contributed by atoms with Crippen molar-refractivity contribution in [2.75, 3.05) is 0 Å². The first kappa shape index (κ1) is 7.22. The maximum atomic E-state index is 3.56. The molecule has 0 saturated heterocycles. The second-order valence-electron chi connectivity index (χ2n) is 1.76. The van der Waals surface area contributed by atoms with Crippen LogP contribution in [0.5, 0.6) is 0 Å². The summed E-state index contributed by atoms with van der Waals surface area (Å²) in [6.07, 6.45) is 7.22. The summed E-state index contributed by atoms with van der Waals surface area (Å²) in [5.41, 5.74) is 1.02. The van der Waals surface area contributed by atoms with Crippen molar-refractivity contribution in [3.8, 4) is 0 Å². The van der Waals surface area contributed by atoms with Crippen LogP contribution >= 0.6 is 0 Å². The van der Waals surface area contributed by atoms with Crippen LogP contribution in [0.15, 0.2) is 37.0 Å². The van der Waals surface area contributed by atoms with E-state index in [1.807, 2.05) is 6.92 Å². The molecule has 0 aromatic rings. The van der Waals surface area contributed by atoms with E-state index in [0.717, 1.165) is 5.57 Å². The Labute approximate surface area is 51.2 Å². The van der Waals surface area contributed by atoms with Crippen molar-refractivity contribution in [1.29, 1.82) is 0 Å². The molecule has 1 aliphatic carbocycles. The van der Waals surface area contributed by atoms with Gasteiger partial charge in [-0.05, 0) is 13.3 Å².